The lowest BCUT2D eigenvalue weighted by molar-refractivity contribution is -0.119. The number of hydrogen-bond donors (Lipinski definition) is 1. The summed E-state index contributed by atoms with van der Waals surface area (Å²) in [7, 11) is -3.48. The fourth-order valence-electron chi connectivity index (χ4n) is 2.15. The van der Waals surface area contributed by atoms with Gasteiger partial charge in [0.2, 0.25) is 15.9 Å². The first-order valence-corrected chi connectivity index (χ1v) is 8.66. The lowest BCUT2D eigenvalue weighted by Gasteiger charge is -2.16. The summed E-state index contributed by atoms with van der Waals surface area (Å²) in [5, 5.41) is 2.66. The molecule has 0 unspecified atom stereocenters. The van der Waals surface area contributed by atoms with Gasteiger partial charge < -0.3 is 5.32 Å². The van der Waals surface area contributed by atoms with Gasteiger partial charge in [0.1, 0.15) is 5.82 Å². The highest BCUT2D eigenvalue weighted by Gasteiger charge is 2.27. The second kappa shape index (κ2) is 6.53. The molecule has 1 atom stereocenters. The molecule has 0 spiro atoms. The molecule has 2 rings (SSSR count). The van der Waals surface area contributed by atoms with Crippen LogP contribution in [0.2, 0.25) is 0 Å². The minimum absolute atomic E-state index is 0.134. The summed E-state index contributed by atoms with van der Waals surface area (Å²) < 4.78 is 26.4. The Bertz CT molecular complexity index is 610. The van der Waals surface area contributed by atoms with E-state index in [2.05, 4.69) is 10.3 Å². The number of amides is 1. The molecular formula is C14H21N3O3S. The van der Waals surface area contributed by atoms with Crippen molar-refractivity contribution in [1.29, 1.82) is 0 Å². The summed E-state index contributed by atoms with van der Waals surface area (Å²) in [5.74, 6) is -0.00747. The van der Waals surface area contributed by atoms with E-state index in [0.29, 0.717) is 13.1 Å². The van der Waals surface area contributed by atoms with Gasteiger partial charge in [-0.15, -0.1) is 0 Å². The minimum Gasteiger partial charge on any atom is -0.310 e. The van der Waals surface area contributed by atoms with Gasteiger partial charge in [-0.3, -0.25) is 4.79 Å². The van der Waals surface area contributed by atoms with Gasteiger partial charge in [0, 0.05) is 31.3 Å². The van der Waals surface area contributed by atoms with E-state index in [-0.39, 0.29) is 22.5 Å². The Hall–Kier alpha value is -1.47. The fraction of sp³-hybridized carbons (Fsp3) is 0.571. The van der Waals surface area contributed by atoms with Gasteiger partial charge >= 0.3 is 0 Å². The molecule has 1 aromatic rings. The third-order valence-corrected chi connectivity index (χ3v) is 5.64. The molecule has 1 N–H and O–H groups in total. The van der Waals surface area contributed by atoms with Crippen molar-refractivity contribution < 1.29 is 13.2 Å². The number of hydrogen-bond acceptors (Lipinski definition) is 4. The third-order valence-electron chi connectivity index (χ3n) is 3.75. The SMILES string of the molecule is CC[C@H](C)C(=O)Nc1cc(S(=O)(=O)N2CCCC2)ccn1. The molecule has 1 saturated heterocycles. The van der Waals surface area contributed by atoms with Crippen molar-refractivity contribution in [2.45, 2.75) is 38.0 Å². The summed E-state index contributed by atoms with van der Waals surface area (Å²) in [6.45, 7) is 4.85. The molecule has 0 aliphatic carbocycles. The van der Waals surface area contributed by atoms with E-state index in [4.69, 9.17) is 0 Å². The summed E-state index contributed by atoms with van der Waals surface area (Å²) in [5.41, 5.74) is 0. The predicted molar refractivity (Wildman–Crippen MR) is 80.3 cm³/mol. The van der Waals surface area contributed by atoms with Gasteiger partial charge in [-0.2, -0.15) is 4.31 Å². The van der Waals surface area contributed by atoms with Crippen LogP contribution in [0, 0.1) is 5.92 Å². The van der Waals surface area contributed by atoms with Gasteiger partial charge in [0.25, 0.3) is 0 Å². The quantitative estimate of drug-likeness (QED) is 0.900. The Balaban J connectivity index is 2.19. The number of anilines is 1. The van der Waals surface area contributed by atoms with Crippen molar-refractivity contribution in [3.8, 4) is 0 Å². The molecular weight excluding hydrogens is 290 g/mol. The molecule has 1 aliphatic heterocycles. The summed E-state index contributed by atoms with van der Waals surface area (Å²) >= 11 is 0. The number of nitrogens with zero attached hydrogens (tertiary/aromatic N) is 2. The van der Waals surface area contributed by atoms with Crippen molar-refractivity contribution >= 4 is 21.7 Å². The zero-order valence-electron chi connectivity index (χ0n) is 12.4. The molecule has 0 saturated carbocycles. The molecule has 2 heterocycles. The van der Waals surface area contributed by atoms with Gasteiger partial charge in [-0.1, -0.05) is 13.8 Å². The average Bonchev–Trinajstić information content (AvgIpc) is 3.01. The molecule has 0 radical (unpaired) electrons. The number of pyridine rings is 1. The maximum Gasteiger partial charge on any atom is 0.243 e. The van der Waals surface area contributed by atoms with Crippen LogP contribution in [0.15, 0.2) is 23.2 Å². The highest BCUT2D eigenvalue weighted by atomic mass is 32.2. The van der Waals surface area contributed by atoms with E-state index in [1.807, 2.05) is 13.8 Å². The zero-order valence-corrected chi connectivity index (χ0v) is 13.2. The molecule has 1 amide bonds. The van der Waals surface area contributed by atoms with Crippen LogP contribution >= 0.6 is 0 Å². The summed E-state index contributed by atoms with van der Waals surface area (Å²) in [6, 6.07) is 2.89. The third kappa shape index (κ3) is 3.59. The number of sulfonamides is 1. The largest absolute Gasteiger partial charge is 0.310 e. The second-order valence-electron chi connectivity index (χ2n) is 5.29. The van der Waals surface area contributed by atoms with Crippen LogP contribution in [-0.2, 0) is 14.8 Å². The van der Waals surface area contributed by atoms with Crippen LogP contribution in [0.3, 0.4) is 0 Å². The zero-order chi connectivity index (χ0) is 15.5. The standard InChI is InChI=1S/C14H21N3O3S/c1-3-11(2)14(18)16-13-10-12(6-7-15-13)21(19,20)17-8-4-5-9-17/h6-7,10-11H,3-5,8-9H2,1-2H3,(H,15,16,18)/t11-/m0/s1. The molecule has 1 aliphatic rings. The van der Waals surface area contributed by atoms with E-state index < -0.39 is 10.0 Å². The molecule has 116 valence electrons. The van der Waals surface area contributed by atoms with Crippen molar-refractivity contribution in [1.82, 2.24) is 9.29 Å². The Labute approximate surface area is 125 Å². The van der Waals surface area contributed by atoms with E-state index in [1.54, 1.807) is 0 Å². The molecule has 0 bridgehead atoms. The first-order valence-electron chi connectivity index (χ1n) is 7.22. The number of carbonyl (C=O) groups excluding carboxylic acids is 1. The molecule has 0 aromatic carbocycles. The Morgan fingerprint density at radius 2 is 2.10 bits per heavy atom. The van der Waals surface area contributed by atoms with Crippen LogP contribution in [0.25, 0.3) is 0 Å². The molecule has 21 heavy (non-hydrogen) atoms. The summed E-state index contributed by atoms with van der Waals surface area (Å²) in [4.78, 5) is 16.1. The first kappa shape index (κ1) is 15.9. The van der Waals surface area contributed by atoms with Crippen molar-refractivity contribution in [3.05, 3.63) is 18.3 Å². The van der Waals surface area contributed by atoms with Crippen molar-refractivity contribution in [2.75, 3.05) is 18.4 Å². The number of aromatic nitrogens is 1. The van der Waals surface area contributed by atoms with Crippen LogP contribution in [0.4, 0.5) is 5.82 Å². The average molecular weight is 311 g/mol. The fourth-order valence-corrected chi connectivity index (χ4v) is 3.68. The molecule has 6 nitrogen and oxygen atoms in total. The molecule has 7 heteroatoms. The van der Waals surface area contributed by atoms with Crippen molar-refractivity contribution in [3.63, 3.8) is 0 Å². The summed E-state index contributed by atoms with van der Waals surface area (Å²) in [6.07, 6.45) is 3.91. The number of nitrogens with one attached hydrogen (secondary N) is 1. The normalized spacial score (nSPS) is 17.6. The predicted octanol–water partition coefficient (Wildman–Crippen LogP) is 1.85. The first-order chi connectivity index (χ1) is 9.95. The monoisotopic (exact) mass is 311 g/mol. The number of rotatable bonds is 5. The maximum absolute atomic E-state index is 12.4. The Morgan fingerprint density at radius 3 is 2.71 bits per heavy atom. The van der Waals surface area contributed by atoms with Gasteiger partial charge in [-0.05, 0) is 25.3 Å². The Morgan fingerprint density at radius 1 is 1.43 bits per heavy atom. The van der Waals surface area contributed by atoms with Crippen LogP contribution in [-0.4, -0.2) is 36.7 Å². The maximum atomic E-state index is 12.4. The highest BCUT2D eigenvalue weighted by Crippen LogP contribution is 2.22. The minimum atomic E-state index is -3.48. The molecule has 1 fully saturated rings. The van der Waals surface area contributed by atoms with E-state index >= 15 is 0 Å². The van der Waals surface area contributed by atoms with E-state index in [9.17, 15) is 13.2 Å². The van der Waals surface area contributed by atoms with E-state index in [1.165, 1.54) is 22.6 Å². The second-order valence-corrected chi connectivity index (χ2v) is 7.22. The smallest absolute Gasteiger partial charge is 0.243 e. The number of carbonyl (C=O) groups is 1. The molecule has 1 aromatic heterocycles. The van der Waals surface area contributed by atoms with Crippen LogP contribution < -0.4 is 5.32 Å². The lowest BCUT2D eigenvalue weighted by Crippen LogP contribution is -2.28. The lowest BCUT2D eigenvalue weighted by atomic mass is 10.1. The van der Waals surface area contributed by atoms with Gasteiger partial charge in [0.05, 0.1) is 4.90 Å². The highest BCUT2D eigenvalue weighted by molar-refractivity contribution is 7.89. The van der Waals surface area contributed by atoms with E-state index in [0.717, 1.165) is 19.3 Å². The van der Waals surface area contributed by atoms with Gasteiger partial charge in [0.15, 0.2) is 0 Å². The van der Waals surface area contributed by atoms with Crippen molar-refractivity contribution in [2.24, 2.45) is 5.92 Å². The van der Waals surface area contributed by atoms with Crippen LogP contribution in [0.1, 0.15) is 33.1 Å². The topological polar surface area (TPSA) is 79.4 Å². The van der Waals surface area contributed by atoms with Crippen LogP contribution in [0.5, 0.6) is 0 Å². The van der Waals surface area contributed by atoms with Gasteiger partial charge in [-0.25, -0.2) is 13.4 Å². The Kier molecular flexibility index (Phi) is 4.95.